The van der Waals surface area contributed by atoms with Crippen molar-refractivity contribution >= 4 is 11.0 Å². The molecule has 5 atom stereocenters. The minimum absolute atomic E-state index is 0.150. The fourth-order valence-corrected chi connectivity index (χ4v) is 3.62. The van der Waals surface area contributed by atoms with Gasteiger partial charge >= 0.3 is 0 Å². The molecule has 11 heteroatoms. The molecule has 0 spiro atoms. The average Bonchev–Trinajstić information content (AvgIpc) is 2.76. The predicted molar refractivity (Wildman–Crippen MR) is 112 cm³/mol. The molecule has 3 aromatic rings. The number of aliphatic hydroxyl groups is 3. The van der Waals surface area contributed by atoms with Crippen LogP contribution in [-0.2, 0) is 4.74 Å². The van der Waals surface area contributed by atoms with Crippen LogP contribution >= 0.6 is 0 Å². The van der Waals surface area contributed by atoms with Crippen LogP contribution in [0.1, 0.15) is 6.92 Å². The molecule has 6 N–H and O–H groups in total. The molecular formula is C22H22O11. The molecule has 1 fully saturated rings. The highest BCUT2D eigenvalue weighted by Crippen LogP contribution is 2.39. The zero-order valence-electron chi connectivity index (χ0n) is 17.5. The van der Waals surface area contributed by atoms with Gasteiger partial charge in [0.05, 0.1) is 13.2 Å². The summed E-state index contributed by atoms with van der Waals surface area (Å²) in [5.41, 5.74) is -0.892. The lowest BCUT2D eigenvalue weighted by Crippen LogP contribution is -2.58. The molecule has 11 nitrogen and oxygen atoms in total. The number of benzene rings is 2. The molecule has 176 valence electrons. The Morgan fingerprint density at radius 1 is 0.939 bits per heavy atom. The van der Waals surface area contributed by atoms with Crippen molar-refractivity contribution in [2.24, 2.45) is 0 Å². The van der Waals surface area contributed by atoms with Crippen molar-refractivity contribution < 1.29 is 49.3 Å². The minimum atomic E-state index is -1.73. The summed E-state index contributed by atoms with van der Waals surface area (Å²) in [6, 6.07) is 6.15. The lowest BCUT2D eigenvalue weighted by atomic mass is 10.00. The van der Waals surface area contributed by atoms with Crippen molar-refractivity contribution in [1.29, 1.82) is 0 Å². The largest absolute Gasteiger partial charge is 0.508 e. The van der Waals surface area contributed by atoms with Gasteiger partial charge in [-0.3, -0.25) is 4.79 Å². The van der Waals surface area contributed by atoms with E-state index in [0.29, 0.717) is 0 Å². The summed E-state index contributed by atoms with van der Waals surface area (Å²) in [5, 5.41) is 60.2. The summed E-state index contributed by atoms with van der Waals surface area (Å²) < 4.78 is 21.8. The Labute approximate surface area is 186 Å². The summed E-state index contributed by atoms with van der Waals surface area (Å²) >= 11 is 0. The van der Waals surface area contributed by atoms with Gasteiger partial charge in [0.1, 0.15) is 40.8 Å². The van der Waals surface area contributed by atoms with Crippen LogP contribution in [0.2, 0.25) is 0 Å². The predicted octanol–water partition coefficient (Wildman–Crippen LogP) is 0.792. The minimum Gasteiger partial charge on any atom is -0.508 e. The summed E-state index contributed by atoms with van der Waals surface area (Å²) in [6.07, 6.45) is -7.26. The maximum atomic E-state index is 13.3. The third-order valence-electron chi connectivity index (χ3n) is 5.40. The van der Waals surface area contributed by atoms with E-state index in [0.717, 1.165) is 12.1 Å². The first kappa shape index (κ1) is 22.7. The van der Waals surface area contributed by atoms with Crippen LogP contribution in [0.25, 0.3) is 22.3 Å². The van der Waals surface area contributed by atoms with Crippen LogP contribution in [0, 0.1) is 0 Å². The lowest BCUT2D eigenvalue weighted by molar-refractivity contribution is -0.268. The first-order valence-corrected chi connectivity index (χ1v) is 9.88. The summed E-state index contributed by atoms with van der Waals surface area (Å²) in [6.45, 7) is 1.44. The molecule has 0 saturated carbocycles. The number of methoxy groups -OCH3 is 1. The third kappa shape index (κ3) is 3.91. The number of hydrogen-bond donors (Lipinski definition) is 6. The molecule has 2 aromatic carbocycles. The molecule has 1 unspecified atom stereocenters. The normalized spacial score (nSPS) is 25.2. The molecule has 0 aliphatic carbocycles. The van der Waals surface area contributed by atoms with E-state index in [9.17, 15) is 35.4 Å². The van der Waals surface area contributed by atoms with Gasteiger partial charge < -0.3 is 49.3 Å². The number of phenols is 3. The molecule has 0 amide bonds. The number of phenolic OH excluding ortho intramolecular Hbond substituents is 3. The van der Waals surface area contributed by atoms with Crippen LogP contribution < -0.4 is 14.9 Å². The second-order valence-corrected chi connectivity index (χ2v) is 7.61. The van der Waals surface area contributed by atoms with E-state index in [4.69, 9.17) is 18.6 Å². The Morgan fingerprint density at radius 3 is 2.33 bits per heavy atom. The van der Waals surface area contributed by atoms with E-state index in [1.54, 1.807) is 0 Å². The number of aliphatic hydroxyl groups excluding tert-OH is 3. The van der Waals surface area contributed by atoms with Crippen molar-refractivity contribution in [2.75, 3.05) is 7.11 Å². The molecule has 1 aliphatic heterocycles. The van der Waals surface area contributed by atoms with Crippen molar-refractivity contribution in [3.8, 4) is 40.1 Å². The van der Waals surface area contributed by atoms with Crippen LogP contribution in [-0.4, -0.2) is 68.5 Å². The SMILES string of the molecule is COc1ccc(-c2oc3cc(O)cc(O)c3c(=O)c2OC2O[C@H](C)[C@@H](O)[C@H](O)[C@@H]2O)cc1O. The van der Waals surface area contributed by atoms with Gasteiger partial charge in [0, 0.05) is 17.7 Å². The molecule has 1 saturated heterocycles. The highest BCUT2D eigenvalue weighted by molar-refractivity contribution is 5.88. The van der Waals surface area contributed by atoms with Gasteiger partial charge in [-0.05, 0) is 25.1 Å². The van der Waals surface area contributed by atoms with E-state index < -0.39 is 47.6 Å². The third-order valence-corrected chi connectivity index (χ3v) is 5.40. The number of hydrogen-bond acceptors (Lipinski definition) is 11. The molecule has 33 heavy (non-hydrogen) atoms. The van der Waals surface area contributed by atoms with Crippen LogP contribution in [0.4, 0.5) is 0 Å². The van der Waals surface area contributed by atoms with E-state index in [2.05, 4.69) is 0 Å². The van der Waals surface area contributed by atoms with E-state index in [1.165, 1.54) is 32.2 Å². The molecule has 1 aliphatic rings. The average molecular weight is 462 g/mol. The number of fused-ring (bicyclic) bond motifs is 1. The van der Waals surface area contributed by atoms with E-state index in [-0.39, 0.29) is 39.5 Å². The van der Waals surface area contributed by atoms with Gasteiger partial charge in [-0.2, -0.15) is 0 Å². The first-order chi connectivity index (χ1) is 15.6. The van der Waals surface area contributed by atoms with Gasteiger partial charge in [0.25, 0.3) is 0 Å². The zero-order valence-corrected chi connectivity index (χ0v) is 17.5. The van der Waals surface area contributed by atoms with Gasteiger partial charge in [-0.15, -0.1) is 0 Å². The molecular weight excluding hydrogens is 440 g/mol. The fourth-order valence-electron chi connectivity index (χ4n) is 3.62. The number of aromatic hydroxyl groups is 3. The van der Waals surface area contributed by atoms with Crippen molar-refractivity contribution in [3.63, 3.8) is 0 Å². The molecule has 1 aromatic heterocycles. The maximum absolute atomic E-state index is 13.3. The number of ether oxygens (including phenoxy) is 3. The Kier molecular flexibility index (Phi) is 5.80. The topological polar surface area (TPSA) is 179 Å². The van der Waals surface area contributed by atoms with Gasteiger partial charge in [0.15, 0.2) is 17.3 Å². The molecule has 4 rings (SSSR count). The second-order valence-electron chi connectivity index (χ2n) is 7.61. The van der Waals surface area contributed by atoms with Crippen molar-refractivity contribution in [3.05, 3.63) is 40.6 Å². The Morgan fingerprint density at radius 2 is 1.67 bits per heavy atom. The van der Waals surface area contributed by atoms with Crippen LogP contribution in [0.3, 0.4) is 0 Å². The Bertz CT molecular complexity index is 1250. The smallest absolute Gasteiger partial charge is 0.239 e. The first-order valence-electron chi connectivity index (χ1n) is 9.88. The van der Waals surface area contributed by atoms with Crippen molar-refractivity contribution in [1.82, 2.24) is 0 Å². The van der Waals surface area contributed by atoms with E-state index in [1.807, 2.05) is 0 Å². The number of rotatable bonds is 4. The van der Waals surface area contributed by atoms with Gasteiger partial charge in [0.2, 0.25) is 17.5 Å². The Balaban J connectivity index is 1.91. The fraction of sp³-hybridized carbons (Fsp3) is 0.318. The van der Waals surface area contributed by atoms with E-state index >= 15 is 0 Å². The quantitative estimate of drug-likeness (QED) is 0.323. The highest BCUT2D eigenvalue weighted by atomic mass is 16.7. The summed E-state index contributed by atoms with van der Waals surface area (Å²) in [4.78, 5) is 13.3. The second kappa shape index (κ2) is 8.45. The van der Waals surface area contributed by atoms with Gasteiger partial charge in [-0.1, -0.05) is 0 Å². The zero-order chi connectivity index (χ0) is 24.0. The maximum Gasteiger partial charge on any atom is 0.239 e. The van der Waals surface area contributed by atoms with Crippen LogP contribution in [0.15, 0.2) is 39.5 Å². The summed E-state index contributed by atoms with van der Waals surface area (Å²) in [5.74, 6) is -1.80. The van der Waals surface area contributed by atoms with Gasteiger partial charge in [-0.25, -0.2) is 0 Å². The summed E-state index contributed by atoms with van der Waals surface area (Å²) in [7, 11) is 1.35. The monoisotopic (exact) mass is 462 g/mol. The molecule has 2 heterocycles. The highest BCUT2D eigenvalue weighted by Gasteiger charge is 2.44. The molecule has 0 radical (unpaired) electrons. The van der Waals surface area contributed by atoms with Crippen molar-refractivity contribution in [2.45, 2.75) is 37.6 Å². The Hall–Kier alpha value is -3.51. The lowest BCUT2D eigenvalue weighted by Gasteiger charge is -2.38. The standard InChI is InChI=1S/C22H22O11/c1-8-16(26)18(28)19(29)22(31-8)33-21-17(27)15-12(25)6-10(23)7-14(15)32-20(21)9-3-4-13(30-2)11(24)5-9/h3-8,16,18-19,22-26,28-29H,1-2H3/t8-,16-,18+,19+,22?/m1/s1. The van der Waals surface area contributed by atoms with Crippen LogP contribution in [0.5, 0.6) is 28.7 Å². The molecule has 0 bridgehead atoms.